The summed E-state index contributed by atoms with van der Waals surface area (Å²) < 4.78 is 0. The van der Waals surface area contributed by atoms with Crippen molar-refractivity contribution >= 4 is 0 Å². The van der Waals surface area contributed by atoms with Gasteiger partial charge in [-0.3, -0.25) is 0 Å². The molecule has 16 heavy (non-hydrogen) atoms. The SMILES string of the molecule is CCNCCCC(C)N(C)CCCN(C)C. The fourth-order valence-electron chi connectivity index (χ4n) is 1.78. The van der Waals surface area contributed by atoms with E-state index in [4.69, 9.17) is 0 Å². The van der Waals surface area contributed by atoms with Crippen LogP contribution in [0.2, 0.25) is 0 Å². The Bertz CT molecular complexity index is 148. The molecule has 1 unspecified atom stereocenters. The second kappa shape index (κ2) is 10.1. The summed E-state index contributed by atoms with van der Waals surface area (Å²) in [6.45, 7) is 9.15. The van der Waals surface area contributed by atoms with Gasteiger partial charge >= 0.3 is 0 Å². The van der Waals surface area contributed by atoms with Crippen LogP contribution < -0.4 is 5.32 Å². The van der Waals surface area contributed by atoms with Crippen molar-refractivity contribution in [3.05, 3.63) is 0 Å². The largest absolute Gasteiger partial charge is 0.317 e. The molecule has 0 aliphatic carbocycles. The minimum Gasteiger partial charge on any atom is -0.317 e. The van der Waals surface area contributed by atoms with E-state index in [0.717, 1.165) is 13.1 Å². The maximum absolute atomic E-state index is 3.38. The highest BCUT2D eigenvalue weighted by Gasteiger charge is 2.07. The Hall–Kier alpha value is -0.120. The number of hydrogen-bond donors (Lipinski definition) is 1. The molecule has 98 valence electrons. The highest BCUT2D eigenvalue weighted by molar-refractivity contribution is 4.64. The van der Waals surface area contributed by atoms with Gasteiger partial charge in [0.1, 0.15) is 0 Å². The predicted molar refractivity (Wildman–Crippen MR) is 73.0 cm³/mol. The Morgan fingerprint density at radius 3 is 2.31 bits per heavy atom. The average Bonchev–Trinajstić information content (AvgIpc) is 2.23. The Balaban J connectivity index is 3.45. The van der Waals surface area contributed by atoms with Gasteiger partial charge in [0, 0.05) is 6.04 Å². The summed E-state index contributed by atoms with van der Waals surface area (Å²) in [6, 6.07) is 0.709. The predicted octanol–water partition coefficient (Wildman–Crippen LogP) is 1.65. The molecule has 0 rings (SSSR count). The first kappa shape index (κ1) is 15.9. The molecule has 0 aliphatic rings. The van der Waals surface area contributed by atoms with Crippen LogP contribution in [-0.4, -0.2) is 63.2 Å². The van der Waals surface area contributed by atoms with Gasteiger partial charge in [0.2, 0.25) is 0 Å². The van der Waals surface area contributed by atoms with Gasteiger partial charge < -0.3 is 15.1 Å². The van der Waals surface area contributed by atoms with Gasteiger partial charge in [0.15, 0.2) is 0 Å². The lowest BCUT2D eigenvalue weighted by Crippen LogP contribution is -2.32. The zero-order valence-corrected chi connectivity index (χ0v) is 11.9. The second-order valence-corrected chi connectivity index (χ2v) is 4.98. The first-order valence-corrected chi connectivity index (χ1v) is 6.63. The van der Waals surface area contributed by atoms with Gasteiger partial charge in [-0.2, -0.15) is 0 Å². The van der Waals surface area contributed by atoms with Gasteiger partial charge in [-0.15, -0.1) is 0 Å². The highest BCUT2D eigenvalue weighted by atomic mass is 15.1. The standard InChI is InChI=1S/C13H31N3/c1-6-14-10-7-9-13(2)16(5)12-8-11-15(3)4/h13-14H,6-12H2,1-5H3. The van der Waals surface area contributed by atoms with Crippen LogP contribution in [0.5, 0.6) is 0 Å². The summed E-state index contributed by atoms with van der Waals surface area (Å²) >= 11 is 0. The summed E-state index contributed by atoms with van der Waals surface area (Å²) in [5.41, 5.74) is 0. The summed E-state index contributed by atoms with van der Waals surface area (Å²) in [4.78, 5) is 4.74. The molecule has 0 aromatic heterocycles. The van der Waals surface area contributed by atoms with E-state index in [2.05, 4.69) is 50.1 Å². The van der Waals surface area contributed by atoms with Crippen molar-refractivity contribution in [3.8, 4) is 0 Å². The zero-order chi connectivity index (χ0) is 12.4. The molecule has 1 atom stereocenters. The molecule has 0 spiro atoms. The number of nitrogens with zero attached hydrogens (tertiary/aromatic N) is 2. The third kappa shape index (κ3) is 9.13. The Kier molecular flexibility index (Phi) is 9.99. The first-order chi connectivity index (χ1) is 7.57. The topological polar surface area (TPSA) is 18.5 Å². The second-order valence-electron chi connectivity index (χ2n) is 4.98. The normalized spacial score (nSPS) is 13.7. The Morgan fingerprint density at radius 2 is 1.75 bits per heavy atom. The molecule has 0 aromatic carbocycles. The molecule has 0 amide bonds. The van der Waals surface area contributed by atoms with E-state index in [1.54, 1.807) is 0 Å². The van der Waals surface area contributed by atoms with Crippen LogP contribution in [-0.2, 0) is 0 Å². The van der Waals surface area contributed by atoms with Crippen molar-refractivity contribution in [3.63, 3.8) is 0 Å². The smallest absolute Gasteiger partial charge is 0.00643 e. The van der Waals surface area contributed by atoms with Gasteiger partial charge in [0.25, 0.3) is 0 Å². The Labute approximate surface area is 102 Å². The van der Waals surface area contributed by atoms with E-state index < -0.39 is 0 Å². The lowest BCUT2D eigenvalue weighted by atomic mass is 10.1. The molecule has 3 heteroatoms. The van der Waals surface area contributed by atoms with Gasteiger partial charge in [-0.25, -0.2) is 0 Å². The maximum atomic E-state index is 3.38. The highest BCUT2D eigenvalue weighted by Crippen LogP contribution is 2.04. The van der Waals surface area contributed by atoms with Crippen molar-refractivity contribution in [2.75, 3.05) is 47.3 Å². The van der Waals surface area contributed by atoms with Gasteiger partial charge in [-0.1, -0.05) is 6.92 Å². The molecule has 0 bridgehead atoms. The molecule has 0 fully saturated rings. The number of hydrogen-bond acceptors (Lipinski definition) is 3. The van der Waals surface area contributed by atoms with E-state index >= 15 is 0 Å². The summed E-state index contributed by atoms with van der Waals surface area (Å²) in [5, 5.41) is 3.38. The lowest BCUT2D eigenvalue weighted by molar-refractivity contribution is 0.229. The van der Waals surface area contributed by atoms with Crippen molar-refractivity contribution in [2.24, 2.45) is 0 Å². The van der Waals surface area contributed by atoms with Crippen LogP contribution in [0, 0.1) is 0 Å². The third-order valence-electron chi connectivity index (χ3n) is 3.09. The van der Waals surface area contributed by atoms with Gasteiger partial charge in [-0.05, 0) is 73.5 Å². The number of rotatable bonds is 10. The average molecular weight is 229 g/mol. The maximum Gasteiger partial charge on any atom is 0.00643 e. The van der Waals surface area contributed by atoms with Crippen molar-refractivity contribution in [1.29, 1.82) is 0 Å². The molecule has 0 saturated carbocycles. The van der Waals surface area contributed by atoms with Crippen LogP contribution in [0.15, 0.2) is 0 Å². The molecule has 1 N–H and O–H groups in total. The fraction of sp³-hybridized carbons (Fsp3) is 1.00. The van der Waals surface area contributed by atoms with Crippen LogP contribution >= 0.6 is 0 Å². The summed E-state index contributed by atoms with van der Waals surface area (Å²) in [7, 11) is 6.52. The van der Waals surface area contributed by atoms with Crippen molar-refractivity contribution in [1.82, 2.24) is 15.1 Å². The fourth-order valence-corrected chi connectivity index (χ4v) is 1.78. The quantitative estimate of drug-likeness (QED) is 0.575. The molecule has 0 radical (unpaired) electrons. The summed E-state index contributed by atoms with van der Waals surface area (Å²) in [6.07, 6.45) is 3.85. The molecule has 0 heterocycles. The molecule has 0 saturated heterocycles. The molecule has 0 aliphatic heterocycles. The van der Waals surface area contributed by atoms with E-state index in [9.17, 15) is 0 Å². The van der Waals surface area contributed by atoms with Crippen LogP contribution in [0.4, 0.5) is 0 Å². The molecular weight excluding hydrogens is 198 g/mol. The molecular formula is C13H31N3. The number of nitrogens with one attached hydrogen (secondary N) is 1. The lowest BCUT2D eigenvalue weighted by Gasteiger charge is -2.25. The summed E-state index contributed by atoms with van der Waals surface area (Å²) in [5.74, 6) is 0. The van der Waals surface area contributed by atoms with Crippen LogP contribution in [0.3, 0.4) is 0 Å². The Morgan fingerprint density at radius 1 is 1.06 bits per heavy atom. The van der Waals surface area contributed by atoms with E-state index in [1.807, 2.05) is 0 Å². The zero-order valence-electron chi connectivity index (χ0n) is 11.9. The van der Waals surface area contributed by atoms with E-state index in [0.29, 0.717) is 6.04 Å². The molecule has 3 nitrogen and oxygen atoms in total. The van der Waals surface area contributed by atoms with Crippen LogP contribution in [0.1, 0.15) is 33.1 Å². The molecule has 0 aromatic rings. The third-order valence-corrected chi connectivity index (χ3v) is 3.09. The minimum atomic E-state index is 0.709. The van der Waals surface area contributed by atoms with Gasteiger partial charge in [0.05, 0.1) is 0 Å². The van der Waals surface area contributed by atoms with Crippen molar-refractivity contribution in [2.45, 2.75) is 39.2 Å². The van der Waals surface area contributed by atoms with E-state index in [-0.39, 0.29) is 0 Å². The van der Waals surface area contributed by atoms with Crippen LogP contribution in [0.25, 0.3) is 0 Å². The monoisotopic (exact) mass is 229 g/mol. The minimum absolute atomic E-state index is 0.709. The van der Waals surface area contributed by atoms with E-state index in [1.165, 1.54) is 32.4 Å². The van der Waals surface area contributed by atoms with Crippen molar-refractivity contribution < 1.29 is 0 Å². The first-order valence-electron chi connectivity index (χ1n) is 6.63.